The molecule has 2 amide bonds. The van der Waals surface area contributed by atoms with Gasteiger partial charge in [0.05, 0.1) is 29.1 Å². The van der Waals surface area contributed by atoms with E-state index in [2.05, 4.69) is 15.8 Å². The Bertz CT molecular complexity index is 699. The summed E-state index contributed by atoms with van der Waals surface area (Å²) in [6.45, 7) is -0.228. The smallest absolute Gasteiger partial charge is 0.259 e. The van der Waals surface area contributed by atoms with Crippen LogP contribution in [-0.2, 0) is 4.79 Å². The van der Waals surface area contributed by atoms with Gasteiger partial charge in [0, 0.05) is 5.56 Å². The van der Waals surface area contributed by atoms with E-state index in [1.807, 2.05) is 0 Å². The lowest BCUT2D eigenvalue weighted by atomic mass is 10.2. The zero-order valence-electron chi connectivity index (χ0n) is 11.2. The lowest BCUT2D eigenvalue weighted by Gasteiger charge is -2.05. The number of nitrogens with one attached hydrogen (secondary N) is 2. The van der Waals surface area contributed by atoms with Gasteiger partial charge in [-0.2, -0.15) is 5.10 Å². The fraction of sp³-hybridized carbons (Fsp3) is 0.0714. The fourth-order valence-electron chi connectivity index (χ4n) is 1.47. The Morgan fingerprint density at radius 3 is 2.73 bits per heavy atom. The van der Waals surface area contributed by atoms with Gasteiger partial charge in [0.25, 0.3) is 11.8 Å². The molecule has 2 rings (SSSR count). The van der Waals surface area contributed by atoms with Crippen LogP contribution >= 0.6 is 23.2 Å². The van der Waals surface area contributed by atoms with Crippen LogP contribution in [0.4, 0.5) is 0 Å². The molecule has 0 atom stereocenters. The molecule has 1 heterocycles. The quantitative estimate of drug-likeness (QED) is 0.648. The first kappa shape index (κ1) is 16.1. The van der Waals surface area contributed by atoms with E-state index in [4.69, 9.17) is 27.6 Å². The molecule has 0 saturated heterocycles. The Morgan fingerprint density at radius 1 is 1.23 bits per heavy atom. The number of rotatable bonds is 5. The molecule has 8 heteroatoms. The summed E-state index contributed by atoms with van der Waals surface area (Å²) in [5, 5.41) is 6.74. The second-order valence-electron chi connectivity index (χ2n) is 4.12. The number of carbonyl (C=O) groups is 2. The van der Waals surface area contributed by atoms with Gasteiger partial charge in [0.1, 0.15) is 5.76 Å². The summed E-state index contributed by atoms with van der Waals surface area (Å²) in [4.78, 5) is 23.3. The van der Waals surface area contributed by atoms with Gasteiger partial charge in [-0.1, -0.05) is 23.2 Å². The van der Waals surface area contributed by atoms with Gasteiger partial charge < -0.3 is 9.73 Å². The van der Waals surface area contributed by atoms with Gasteiger partial charge in [-0.25, -0.2) is 5.43 Å². The predicted molar refractivity (Wildman–Crippen MR) is 83.2 cm³/mol. The van der Waals surface area contributed by atoms with Crippen LogP contribution < -0.4 is 10.7 Å². The van der Waals surface area contributed by atoms with E-state index in [-0.39, 0.29) is 11.6 Å². The minimum absolute atomic E-state index is 0.228. The molecular formula is C14H11Cl2N3O3. The number of amides is 2. The molecule has 0 radical (unpaired) electrons. The molecule has 0 fully saturated rings. The highest BCUT2D eigenvalue weighted by molar-refractivity contribution is 6.42. The molecule has 0 aliphatic carbocycles. The normalized spacial score (nSPS) is 10.6. The van der Waals surface area contributed by atoms with Crippen molar-refractivity contribution in [1.82, 2.24) is 10.7 Å². The van der Waals surface area contributed by atoms with Crippen molar-refractivity contribution >= 4 is 41.2 Å². The number of furan rings is 1. The second-order valence-corrected chi connectivity index (χ2v) is 4.93. The molecule has 22 heavy (non-hydrogen) atoms. The Hall–Kier alpha value is -2.31. The molecule has 0 aliphatic rings. The van der Waals surface area contributed by atoms with Crippen molar-refractivity contribution in [3.63, 3.8) is 0 Å². The average molecular weight is 340 g/mol. The van der Waals surface area contributed by atoms with Gasteiger partial charge in [0.15, 0.2) is 0 Å². The van der Waals surface area contributed by atoms with Crippen LogP contribution in [0.25, 0.3) is 0 Å². The molecule has 6 nitrogen and oxygen atoms in total. The first-order valence-electron chi connectivity index (χ1n) is 6.15. The van der Waals surface area contributed by atoms with E-state index >= 15 is 0 Å². The van der Waals surface area contributed by atoms with Crippen LogP contribution in [0.15, 0.2) is 46.1 Å². The van der Waals surface area contributed by atoms with Crippen LogP contribution in [0.3, 0.4) is 0 Å². The number of hydrogen-bond donors (Lipinski definition) is 2. The Kier molecular flexibility index (Phi) is 5.57. The summed E-state index contributed by atoms with van der Waals surface area (Å²) in [6, 6.07) is 7.82. The van der Waals surface area contributed by atoms with Crippen LogP contribution in [-0.4, -0.2) is 24.6 Å². The van der Waals surface area contributed by atoms with Crippen LogP contribution in [0.2, 0.25) is 10.0 Å². The maximum atomic E-state index is 11.8. The lowest BCUT2D eigenvalue weighted by Crippen LogP contribution is -2.34. The largest absolute Gasteiger partial charge is 0.463 e. The highest BCUT2D eigenvalue weighted by atomic mass is 35.5. The van der Waals surface area contributed by atoms with Crippen molar-refractivity contribution in [2.24, 2.45) is 5.10 Å². The molecule has 0 unspecified atom stereocenters. The topological polar surface area (TPSA) is 83.7 Å². The van der Waals surface area contributed by atoms with E-state index in [0.717, 1.165) is 0 Å². The van der Waals surface area contributed by atoms with Crippen LogP contribution in [0.5, 0.6) is 0 Å². The van der Waals surface area contributed by atoms with Crippen molar-refractivity contribution in [2.45, 2.75) is 0 Å². The molecule has 2 N–H and O–H groups in total. The molecule has 1 aromatic heterocycles. The lowest BCUT2D eigenvalue weighted by molar-refractivity contribution is -0.120. The Labute approximate surface area is 136 Å². The zero-order valence-corrected chi connectivity index (χ0v) is 12.7. The number of hydrazone groups is 1. The summed E-state index contributed by atoms with van der Waals surface area (Å²) in [7, 11) is 0. The minimum Gasteiger partial charge on any atom is -0.463 e. The summed E-state index contributed by atoms with van der Waals surface area (Å²) in [5.74, 6) is -0.417. The van der Waals surface area contributed by atoms with E-state index in [0.29, 0.717) is 16.3 Å². The Balaban J connectivity index is 1.80. The van der Waals surface area contributed by atoms with E-state index in [9.17, 15) is 9.59 Å². The van der Waals surface area contributed by atoms with Gasteiger partial charge in [-0.15, -0.1) is 0 Å². The molecule has 1 aromatic carbocycles. The molecule has 0 spiro atoms. The number of nitrogens with zero attached hydrogens (tertiary/aromatic N) is 1. The van der Waals surface area contributed by atoms with E-state index in [1.165, 1.54) is 30.7 Å². The third-order valence-corrected chi connectivity index (χ3v) is 3.25. The molecule has 114 valence electrons. The standard InChI is InChI=1S/C14H11Cl2N3O3/c15-11-4-3-9(6-12(11)16)14(21)17-8-13(20)19-18-7-10-2-1-5-22-10/h1-7H,8H2,(H,17,21)(H,19,20)/b18-7+. The summed E-state index contributed by atoms with van der Waals surface area (Å²) in [5.41, 5.74) is 2.56. The van der Waals surface area contributed by atoms with Crippen molar-refractivity contribution < 1.29 is 14.0 Å². The van der Waals surface area contributed by atoms with Crippen molar-refractivity contribution in [1.29, 1.82) is 0 Å². The fourth-order valence-corrected chi connectivity index (χ4v) is 1.77. The zero-order chi connectivity index (χ0) is 15.9. The third kappa shape index (κ3) is 4.61. The highest BCUT2D eigenvalue weighted by Crippen LogP contribution is 2.22. The SMILES string of the molecule is O=C(CNC(=O)c1ccc(Cl)c(Cl)c1)N/N=C/c1ccco1. The van der Waals surface area contributed by atoms with Gasteiger partial charge in [-0.3, -0.25) is 9.59 Å². The molecule has 2 aromatic rings. The number of carbonyl (C=O) groups excluding carboxylic acids is 2. The van der Waals surface area contributed by atoms with Crippen LogP contribution in [0.1, 0.15) is 16.1 Å². The number of halogens is 2. The van der Waals surface area contributed by atoms with E-state index in [1.54, 1.807) is 12.1 Å². The maximum Gasteiger partial charge on any atom is 0.259 e. The molecule has 0 bridgehead atoms. The van der Waals surface area contributed by atoms with E-state index < -0.39 is 11.8 Å². The average Bonchev–Trinajstić information content (AvgIpc) is 3.01. The number of benzene rings is 1. The van der Waals surface area contributed by atoms with Gasteiger partial charge in [-0.05, 0) is 30.3 Å². The van der Waals surface area contributed by atoms with Crippen LogP contribution in [0, 0.1) is 0 Å². The first-order chi connectivity index (χ1) is 10.6. The second kappa shape index (κ2) is 7.63. The minimum atomic E-state index is -0.476. The molecular weight excluding hydrogens is 329 g/mol. The monoisotopic (exact) mass is 339 g/mol. The molecule has 0 saturated carbocycles. The van der Waals surface area contributed by atoms with Gasteiger partial charge in [0.2, 0.25) is 0 Å². The summed E-state index contributed by atoms with van der Waals surface area (Å²) in [6.07, 6.45) is 2.83. The first-order valence-corrected chi connectivity index (χ1v) is 6.90. The van der Waals surface area contributed by atoms with Crippen molar-refractivity contribution in [3.8, 4) is 0 Å². The van der Waals surface area contributed by atoms with Gasteiger partial charge >= 0.3 is 0 Å². The summed E-state index contributed by atoms with van der Waals surface area (Å²) < 4.78 is 5.00. The van der Waals surface area contributed by atoms with Crippen molar-refractivity contribution in [2.75, 3.05) is 6.54 Å². The molecule has 0 aliphatic heterocycles. The number of hydrogen-bond acceptors (Lipinski definition) is 4. The maximum absolute atomic E-state index is 11.8. The third-order valence-electron chi connectivity index (χ3n) is 2.52. The predicted octanol–water partition coefficient (Wildman–Crippen LogP) is 2.47. The Morgan fingerprint density at radius 2 is 2.05 bits per heavy atom. The summed E-state index contributed by atoms with van der Waals surface area (Å²) >= 11 is 11.6. The highest BCUT2D eigenvalue weighted by Gasteiger charge is 2.09. The van der Waals surface area contributed by atoms with Crippen molar-refractivity contribution in [3.05, 3.63) is 58.0 Å².